The van der Waals surface area contributed by atoms with Crippen molar-refractivity contribution in [3.05, 3.63) is 71.1 Å². The highest BCUT2D eigenvalue weighted by Crippen LogP contribution is 2.23. The Morgan fingerprint density at radius 3 is 2.50 bits per heavy atom. The Balaban J connectivity index is 1.78. The summed E-state index contributed by atoms with van der Waals surface area (Å²) < 4.78 is 30.2. The molecular weight excluding hydrogens is 306 g/mol. The van der Waals surface area contributed by atoms with Crippen LogP contribution in [0.15, 0.2) is 54.6 Å². The molecule has 3 aromatic rings. The minimum atomic E-state index is -0.422. The van der Waals surface area contributed by atoms with Crippen molar-refractivity contribution < 1.29 is 13.6 Å². The molecule has 0 saturated carbocycles. The molecule has 0 spiro atoms. The van der Waals surface area contributed by atoms with E-state index in [-0.39, 0.29) is 11.7 Å². The van der Waals surface area contributed by atoms with Crippen LogP contribution in [0.25, 0.3) is 11.3 Å². The van der Waals surface area contributed by atoms with Crippen LogP contribution in [0.1, 0.15) is 9.67 Å². The summed E-state index contributed by atoms with van der Waals surface area (Å²) in [4.78, 5) is 12.5. The summed E-state index contributed by atoms with van der Waals surface area (Å²) in [6, 6.07) is 13.1. The zero-order valence-corrected chi connectivity index (χ0v) is 12.0. The second-order valence-electron chi connectivity index (χ2n) is 4.55. The van der Waals surface area contributed by atoms with Gasteiger partial charge in [-0.15, -0.1) is 0 Å². The van der Waals surface area contributed by atoms with Gasteiger partial charge in [0.1, 0.15) is 16.5 Å². The number of carbonyl (C=O) groups is 1. The number of halogens is 2. The Hall–Kier alpha value is -2.60. The fraction of sp³-hybridized carbons (Fsp3) is 0. The molecule has 1 heterocycles. The lowest BCUT2D eigenvalue weighted by Gasteiger charge is -2.02. The number of amides is 1. The van der Waals surface area contributed by atoms with E-state index in [1.807, 2.05) is 0 Å². The smallest absolute Gasteiger partial charge is 0.267 e. The van der Waals surface area contributed by atoms with Crippen LogP contribution in [-0.4, -0.2) is 10.3 Å². The fourth-order valence-electron chi connectivity index (χ4n) is 1.90. The minimum absolute atomic E-state index is 0.331. The molecule has 2 aromatic carbocycles. The molecule has 0 aliphatic carbocycles. The monoisotopic (exact) mass is 316 g/mol. The Labute approximate surface area is 129 Å². The van der Waals surface area contributed by atoms with Crippen molar-refractivity contribution in [3.63, 3.8) is 0 Å². The van der Waals surface area contributed by atoms with Gasteiger partial charge in [0, 0.05) is 11.3 Å². The van der Waals surface area contributed by atoms with Crippen LogP contribution >= 0.6 is 11.5 Å². The van der Waals surface area contributed by atoms with Gasteiger partial charge in [0.15, 0.2) is 0 Å². The molecule has 1 aromatic heterocycles. The van der Waals surface area contributed by atoms with Crippen molar-refractivity contribution in [3.8, 4) is 11.3 Å². The SMILES string of the molecule is O=C(Nc1cccc(F)c1)c1cc(-c2ccc(F)cc2)ns1. The van der Waals surface area contributed by atoms with E-state index in [0.29, 0.717) is 16.3 Å². The molecule has 0 atom stereocenters. The first kappa shape index (κ1) is 14.3. The van der Waals surface area contributed by atoms with Crippen molar-refractivity contribution >= 4 is 23.1 Å². The maximum atomic E-state index is 13.1. The van der Waals surface area contributed by atoms with Gasteiger partial charge in [0.25, 0.3) is 5.91 Å². The number of rotatable bonds is 3. The summed E-state index contributed by atoms with van der Waals surface area (Å²) in [5.74, 6) is -1.12. The molecule has 0 bridgehead atoms. The lowest BCUT2D eigenvalue weighted by molar-refractivity contribution is 0.103. The van der Waals surface area contributed by atoms with Crippen molar-refractivity contribution in [1.82, 2.24) is 4.37 Å². The third-order valence-electron chi connectivity index (χ3n) is 2.96. The lowest BCUT2D eigenvalue weighted by Crippen LogP contribution is -2.10. The molecule has 0 aliphatic rings. The molecule has 6 heteroatoms. The van der Waals surface area contributed by atoms with Gasteiger partial charge in [-0.1, -0.05) is 6.07 Å². The molecule has 0 fully saturated rings. The van der Waals surface area contributed by atoms with E-state index in [2.05, 4.69) is 9.69 Å². The first-order chi connectivity index (χ1) is 10.6. The minimum Gasteiger partial charge on any atom is -0.321 e. The molecular formula is C16H10F2N2OS. The zero-order valence-electron chi connectivity index (χ0n) is 11.2. The van der Waals surface area contributed by atoms with Crippen LogP contribution in [0, 0.1) is 11.6 Å². The molecule has 3 nitrogen and oxygen atoms in total. The molecule has 110 valence electrons. The topological polar surface area (TPSA) is 42.0 Å². The van der Waals surface area contributed by atoms with Gasteiger partial charge in [-0.2, -0.15) is 4.37 Å². The number of aromatic nitrogens is 1. The van der Waals surface area contributed by atoms with E-state index in [4.69, 9.17) is 0 Å². The van der Waals surface area contributed by atoms with Gasteiger partial charge >= 0.3 is 0 Å². The highest BCUT2D eigenvalue weighted by Gasteiger charge is 2.12. The van der Waals surface area contributed by atoms with Crippen molar-refractivity contribution in [2.75, 3.05) is 5.32 Å². The van der Waals surface area contributed by atoms with E-state index in [1.165, 1.54) is 30.3 Å². The summed E-state index contributed by atoms with van der Waals surface area (Å²) in [5.41, 5.74) is 1.69. The van der Waals surface area contributed by atoms with E-state index in [0.717, 1.165) is 17.1 Å². The normalized spacial score (nSPS) is 10.5. The molecule has 0 radical (unpaired) electrons. The molecule has 3 rings (SSSR count). The highest BCUT2D eigenvalue weighted by atomic mass is 32.1. The van der Waals surface area contributed by atoms with Gasteiger partial charge < -0.3 is 5.32 Å². The number of carbonyl (C=O) groups excluding carboxylic acids is 1. The predicted octanol–water partition coefficient (Wildman–Crippen LogP) is 4.34. The average molecular weight is 316 g/mol. The maximum absolute atomic E-state index is 13.1. The highest BCUT2D eigenvalue weighted by molar-refractivity contribution is 7.08. The summed E-state index contributed by atoms with van der Waals surface area (Å²) >= 11 is 1.03. The maximum Gasteiger partial charge on any atom is 0.267 e. The lowest BCUT2D eigenvalue weighted by atomic mass is 10.1. The van der Waals surface area contributed by atoms with Crippen molar-refractivity contribution in [1.29, 1.82) is 0 Å². The average Bonchev–Trinajstić information content (AvgIpc) is 2.98. The first-order valence-electron chi connectivity index (χ1n) is 6.41. The molecule has 1 amide bonds. The van der Waals surface area contributed by atoms with Gasteiger partial charge in [-0.05, 0) is 60.1 Å². The van der Waals surface area contributed by atoms with Gasteiger partial charge in [-0.25, -0.2) is 8.78 Å². The Morgan fingerprint density at radius 1 is 1.00 bits per heavy atom. The summed E-state index contributed by atoms with van der Waals surface area (Å²) in [7, 11) is 0. The third-order valence-corrected chi connectivity index (χ3v) is 3.74. The third kappa shape index (κ3) is 3.17. The van der Waals surface area contributed by atoms with Crippen LogP contribution in [0.4, 0.5) is 14.5 Å². The van der Waals surface area contributed by atoms with Crippen LogP contribution < -0.4 is 5.32 Å². The summed E-state index contributed by atoms with van der Waals surface area (Å²) in [6.07, 6.45) is 0. The van der Waals surface area contributed by atoms with E-state index in [9.17, 15) is 13.6 Å². The standard InChI is InChI=1S/C16H10F2N2OS/c17-11-6-4-10(5-7-11)14-9-15(22-20-14)16(21)19-13-3-1-2-12(18)8-13/h1-9H,(H,19,21). The van der Waals surface area contributed by atoms with Crippen LogP contribution in [0.3, 0.4) is 0 Å². The Kier molecular flexibility index (Phi) is 3.93. The number of hydrogen-bond donors (Lipinski definition) is 1. The Bertz CT molecular complexity index is 815. The van der Waals surface area contributed by atoms with Crippen LogP contribution in [0.2, 0.25) is 0 Å². The summed E-state index contributed by atoms with van der Waals surface area (Å²) in [5, 5.41) is 2.60. The van der Waals surface area contributed by atoms with E-state index in [1.54, 1.807) is 24.3 Å². The quantitative estimate of drug-likeness (QED) is 0.781. The summed E-state index contributed by atoms with van der Waals surface area (Å²) in [6.45, 7) is 0. The number of nitrogens with one attached hydrogen (secondary N) is 1. The largest absolute Gasteiger partial charge is 0.321 e. The molecule has 0 saturated heterocycles. The van der Waals surface area contributed by atoms with E-state index < -0.39 is 5.82 Å². The van der Waals surface area contributed by atoms with Crippen LogP contribution in [0.5, 0.6) is 0 Å². The van der Waals surface area contributed by atoms with Gasteiger partial charge in [0.05, 0.1) is 5.69 Å². The molecule has 22 heavy (non-hydrogen) atoms. The van der Waals surface area contributed by atoms with E-state index >= 15 is 0 Å². The number of nitrogens with zero attached hydrogens (tertiary/aromatic N) is 1. The second-order valence-corrected chi connectivity index (χ2v) is 5.35. The number of hydrogen-bond acceptors (Lipinski definition) is 3. The fourth-order valence-corrected chi connectivity index (χ4v) is 2.55. The van der Waals surface area contributed by atoms with Gasteiger partial charge in [-0.3, -0.25) is 4.79 Å². The molecule has 0 aliphatic heterocycles. The number of anilines is 1. The second kappa shape index (κ2) is 6.03. The predicted molar refractivity (Wildman–Crippen MR) is 81.9 cm³/mol. The first-order valence-corrected chi connectivity index (χ1v) is 7.19. The molecule has 1 N–H and O–H groups in total. The number of benzene rings is 2. The van der Waals surface area contributed by atoms with Crippen molar-refractivity contribution in [2.24, 2.45) is 0 Å². The van der Waals surface area contributed by atoms with Crippen molar-refractivity contribution in [2.45, 2.75) is 0 Å². The van der Waals surface area contributed by atoms with Gasteiger partial charge in [0.2, 0.25) is 0 Å². The molecule has 0 unspecified atom stereocenters. The zero-order chi connectivity index (χ0) is 15.5. The Morgan fingerprint density at radius 2 is 1.77 bits per heavy atom. The van der Waals surface area contributed by atoms with Crippen LogP contribution in [-0.2, 0) is 0 Å².